The van der Waals surface area contributed by atoms with Crippen LogP contribution in [0.4, 0.5) is 13.2 Å². The lowest BCUT2D eigenvalue weighted by Gasteiger charge is -2.10. The number of nitrogens with zero attached hydrogens (tertiary/aromatic N) is 3. The van der Waals surface area contributed by atoms with Gasteiger partial charge in [-0.3, -0.25) is 14.2 Å². The van der Waals surface area contributed by atoms with Crippen LogP contribution in [0.15, 0.2) is 78.0 Å². The third kappa shape index (κ3) is 5.18. The number of thioether (sulfide) groups is 1. The van der Waals surface area contributed by atoms with Crippen LogP contribution in [0.25, 0.3) is 17.1 Å². The Kier molecular flexibility index (Phi) is 7.07. The predicted octanol–water partition coefficient (Wildman–Crippen LogP) is 4.87. The summed E-state index contributed by atoms with van der Waals surface area (Å²) in [4.78, 5) is 24.3. The Bertz CT molecular complexity index is 1350. The fraction of sp³-hybridized carbons (Fsp3) is 0.0833. The van der Waals surface area contributed by atoms with E-state index in [1.807, 2.05) is 6.07 Å². The van der Waals surface area contributed by atoms with Crippen molar-refractivity contribution in [2.45, 2.75) is 5.16 Å². The van der Waals surface area contributed by atoms with Crippen LogP contribution in [-0.2, 0) is 9.53 Å². The molecule has 6 nitrogen and oxygen atoms in total. The number of ether oxygens (including phenoxy) is 1. The van der Waals surface area contributed by atoms with E-state index in [1.165, 1.54) is 6.07 Å². The fourth-order valence-electron chi connectivity index (χ4n) is 3.05. The van der Waals surface area contributed by atoms with Crippen molar-refractivity contribution in [2.75, 3.05) is 12.4 Å². The molecule has 0 aliphatic rings. The zero-order chi connectivity index (χ0) is 24.1. The van der Waals surface area contributed by atoms with Crippen LogP contribution in [0.3, 0.4) is 0 Å². The van der Waals surface area contributed by atoms with E-state index in [1.54, 1.807) is 47.0 Å². The van der Waals surface area contributed by atoms with E-state index in [0.717, 1.165) is 30.0 Å². The molecule has 4 aromatic rings. The Morgan fingerprint density at radius 2 is 1.59 bits per heavy atom. The molecule has 0 saturated heterocycles. The summed E-state index contributed by atoms with van der Waals surface area (Å²) in [7, 11) is 0. The number of ketones is 1. The van der Waals surface area contributed by atoms with Crippen LogP contribution < -0.4 is 0 Å². The lowest BCUT2D eigenvalue weighted by Crippen LogP contribution is -2.16. The number of carbonyl (C=O) groups excluding carboxylic acids is 2. The number of hydrogen-bond acceptors (Lipinski definition) is 6. The highest BCUT2D eigenvalue weighted by Gasteiger charge is 2.20. The van der Waals surface area contributed by atoms with Crippen molar-refractivity contribution in [3.63, 3.8) is 0 Å². The van der Waals surface area contributed by atoms with Crippen molar-refractivity contribution < 1.29 is 27.5 Å². The fourth-order valence-corrected chi connectivity index (χ4v) is 3.80. The summed E-state index contributed by atoms with van der Waals surface area (Å²) in [5.74, 6) is -4.08. The highest BCUT2D eigenvalue weighted by atomic mass is 32.2. The number of halogens is 3. The maximum atomic E-state index is 14.4. The summed E-state index contributed by atoms with van der Waals surface area (Å²) in [6, 6.07) is 17.8. The summed E-state index contributed by atoms with van der Waals surface area (Å²) >= 11 is 0.995. The van der Waals surface area contributed by atoms with Crippen LogP contribution in [0.1, 0.15) is 10.4 Å². The Labute approximate surface area is 196 Å². The SMILES string of the molecule is O=C(CSc1nnc(-c2ccccc2F)n1-c1ccccc1)OCC(=O)c1ccc(F)c(F)c1. The molecule has 3 aromatic carbocycles. The number of rotatable bonds is 8. The second kappa shape index (κ2) is 10.3. The van der Waals surface area contributed by atoms with Crippen LogP contribution in [-0.4, -0.2) is 38.9 Å². The molecule has 4 rings (SSSR count). The largest absolute Gasteiger partial charge is 0.457 e. The van der Waals surface area contributed by atoms with Gasteiger partial charge in [-0.05, 0) is 42.5 Å². The van der Waals surface area contributed by atoms with Crippen LogP contribution in [0.2, 0.25) is 0 Å². The maximum absolute atomic E-state index is 14.4. The predicted molar refractivity (Wildman–Crippen MR) is 119 cm³/mol. The molecule has 10 heteroatoms. The highest BCUT2D eigenvalue weighted by molar-refractivity contribution is 7.99. The molecule has 0 atom stereocenters. The molecule has 34 heavy (non-hydrogen) atoms. The van der Waals surface area contributed by atoms with Crippen LogP contribution in [0, 0.1) is 17.5 Å². The minimum absolute atomic E-state index is 0.113. The molecule has 0 saturated carbocycles. The van der Waals surface area contributed by atoms with Crippen molar-refractivity contribution in [3.8, 4) is 17.1 Å². The molecule has 0 spiro atoms. The number of aromatic nitrogens is 3. The molecule has 0 N–H and O–H groups in total. The smallest absolute Gasteiger partial charge is 0.316 e. The minimum Gasteiger partial charge on any atom is -0.457 e. The van der Waals surface area contributed by atoms with Gasteiger partial charge in [-0.25, -0.2) is 13.2 Å². The molecule has 1 aromatic heterocycles. The molecule has 172 valence electrons. The first-order chi connectivity index (χ1) is 16.4. The zero-order valence-electron chi connectivity index (χ0n) is 17.5. The first-order valence-electron chi connectivity index (χ1n) is 9.96. The molecular weight excluding hydrogens is 467 g/mol. The molecule has 0 aliphatic heterocycles. The average Bonchev–Trinajstić information content (AvgIpc) is 3.27. The molecule has 0 unspecified atom stereocenters. The van der Waals surface area contributed by atoms with Crippen LogP contribution >= 0.6 is 11.8 Å². The summed E-state index contributed by atoms with van der Waals surface area (Å²) in [5.41, 5.74) is 0.790. The number of hydrogen-bond donors (Lipinski definition) is 0. The van der Waals surface area contributed by atoms with Crippen molar-refractivity contribution in [1.82, 2.24) is 14.8 Å². The van der Waals surface area contributed by atoms with Gasteiger partial charge in [-0.15, -0.1) is 10.2 Å². The van der Waals surface area contributed by atoms with Gasteiger partial charge in [0.1, 0.15) is 5.82 Å². The van der Waals surface area contributed by atoms with E-state index < -0.39 is 35.8 Å². The standard InChI is InChI=1S/C24H16F3N3O3S/c25-18-9-5-4-8-17(18)23-28-29-24(30(23)16-6-2-1-3-7-16)34-14-22(32)33-13-21(31)15-10-11-19(26)20(27)12-15/h1-12H,13-14H2. The lowest BCUT2D eigenvalue weighted by atomic mass is 10.1. The zero-order valence-corrected chi connectivity index (χ0v) is 18.3. The molecule has 0 aliphatic carbocycles. The number of benzene rings is 3. The summed E-state index contributed by atoms with van der Waals surface area (Å²) in [6.45, 7) is -0.629. The first-order valence-corrected chi connectivity index (χ1v) is 10.9. The molecular formula is C24H16F3N3O3S. The van der Waals surface area contributed by atoms with Gasteiger partial charge in [0.2, 0.25) is 0 Å². The molecule has 0 fully saturated rings. The molecule has 0 radical (unpaired) electrons. The minimum atomic E-state index is -1.17. The third-order valence-corrected chi connectivity index (χ3v) is 5.59. The second-order valence-electron chi connectivity index (χ2n) is 6.96. The van der Waals surface area contributed by atoms with E-state index in [-0.39, 0.29) is 22.7 Å². The van der Waals surface area contributed by atoms with Gasteiger partial charge in [-0.1, -0.05) is 42.1 Å². The van der Waals surface area contributed by atoms with E-state index in [4.69, 9.17) is 4.74 Å². The van der Waals surface area contributed by atoms with E-state index in [2.05, 4.69) is 10.2 Å². The van der Waals surface area contributed by atoms with Gasteiger partial charge >= 0.3 is 5.97 Å². The normalized spacial score (nSPS) is 10.8. The Balaban J connectivity index is 1.47. The number of Topliss-reactive ketones (excluding diaryl/α,β-unsaturated/α-hetero) is 1. The van der Waals surface area contributed by atoms with Crippen molar-refractivity contribution in [1.29, 1.82) is 0 Å². The quantitative estimate of drug-likeness (QED) is 0.202. The Morgan fingerprint density at radius 1 is 0.853 bits per heavy atom. The van der Waals surface area contributed by atoms with Gasteiger partial charge in [-0.2, -0.15) is 0 Å². The first kappa shape index (κ1) is 23.2. The maximum Gasteiger partial charge on any atom is 0.316 e. The Hall–Kier alpha value is -3.92. The van der Waals surface area contributed by atoms with E-state index >= 15 is 0 Å². The molecule has 0 amide bonds. The number of esters is 1. The summed E-state index contributed by atoms with van der Waals surface area (Å²) in [6.07, 6.45) is 0. The third-order valence-electron chi connectivity index (χ3n) is 4.69. The van der Waals surface area contributed by atoms with Crippen LogP contribution in [0.5, 0.6) is 0 Å². The van der Waals surface area contributed by atoms with Crippen molar-refractivity contribution >= 4 is 23.5 Å². The highest BCUT2D eigenvalue weighted by Crippen LogP contribution is 2.29. The van der Waals surface area contributed by atoms with Crippen molar-refractivity contribution in [2.24, 2.45) is 0 Å². The van der Waals surface area contributed by atoms with Gasteiger partial charge < -0.3 is 4.74 Å². The Morgan fingerprint density at radius 3 is 2.32 bits per heavy atom. The van der Waals surface area contributed by atoms with Gasteiger partial charge in [0.05, 0.1) is 11.3 Å². The van der Waals surface area contributed by atoms with E-state index in [9.17, 15) is 22.8 Å². The lowest BCUT2D eigenvalue weighted by molar-refractivity contribution is -0.139. The number of carbonyl (C=O) groups is 2. The molecule has 1 heterocycles. The van der Waals surface area contributed by atoms with Gasteiger partial charge in [0.25, 0.3) is 0 Å². The van der Waals surface area contributed by atoms with Gasteiger partial charge in [0.15, 0.2) is 35.0 Å². The second-order valence-corrected chi connectivity index (χ2v) is 7.90. The average molecular weight is 483 g/mol. The summed E-state index contributed by atoms with van der Waals surface area (Å²) in [5, 5.41) is 8.52. The molecule has 0 bridgehead atoms. The topological polar surface area (TPSA) is 74.1 Å². The number of para-hydroxylation sites is 1. The van der Waals surface area contributed by atoms with E-state index in [0.29, 0.717) is 10.8 Å². The monoisotopic (exact) mass is 483 g/mol. The van der Waals surface area contributed by atoms with Crippen molar-refractivity contribution in [3.05, 3.63) is 95.8 Å². The van der Waals surface area contributed by atoms with Gasteiger partial charge in [0, 0.05) is 11.3 Å². The summed E-state index contributed by atoms with van der Waals surface area (Å²) < 4.78 is 47.3.